The number of rotatable bonds is 5. The number of nitrogens with one attached hydrogen (secondary N) is 2. The van der Waals surface area contributed by atoms with Crippen LogP contribution in [0.2, 0.25) is 0 Å². The molecule has 0 spiro atoms. The standard InChI is InChI=1S/C27H27FN4O4/c1-36-22-8-2-17(3-9-22)13-24(33)30-23-10-11-25(34)32-15-18-12-19(26(23)32)16-31(14-18)27(35)29-21-6-4-20(28)5-7-21/h2-11,18-19H,12-16H2,1H3,(H,29,35)(H,30,33)/t18-,19-/m0/s1. The zero-order valence-electron chi connectivity index (χ0n) is 19.9. The van der Waals surface area contributed by atoms with E-state index in [-0.39, 0.29) is 41.6 Å². The fourth-order valence-electron chi connectivity index (χ4n) is 5.15. The Morgan fingerprint density at radius 3 is 2.44 bits per heavy atom. The summed E-state index contributed by atoms with van der Waals surface area (Å²) in [5.74, 6) is 0.185. The maximum absolute atomic E-state index is 13.2. The molecular formula is C27H27FN4O4. The number of urea groups is 1. The fourth-order valence-corrected chi connectivity index (χ4v) is 5.15. The highest BCUT2D eigenvalue weighted by Crippen LogP contribution is 2.38. The number of ether oxygens (including phenoxy) is 1. The van der Waals surface area contributed by atoms with Crippen molar-refractivity contribution < 1.29 is 18.7 Å². The number of piperidine rings is 1. The summed E-state index contributed by atoms with van der Waals surface area (Å²) in [5, 5.41) is 5.80. The van der Waals surface area contributed by atoms with Crippen LogP contribution in [0.4, 0.5) is 20.6 Å². The van der Waals surface area contributed by atoms with Crippen LogP contribution < -0.4 is 20.9 Å². The number of likely N-dealkylation sites (tertiary alicyclic amines) is 1. The van der Waals surface area contributed by atoms with E-state index < -0.39 is 0 Å². The molecule has 2 aromatic carbocycles. The molecule has 36 heavy (non-hydrogen) atoms. The first-order chi connectivity index (χ1) is 17.4. The first-order valence-corrected chi connectivity index (χ1v) is 11.9. The topological polar surface area (TPSA) is 92.7 Å². The Bertz CT molecular complexity index is 1340. The first-order valence-electron chi connectivity index (χ1n) is 11.9. The Labute approximate surface area is 207 Å². The van der Waals surface area contributed by atoms with Crippen LogP contribution >= 0.6 is 0 Å². The molecular weight excluding hydrogens is 463 g/mol. The average Bonchev–Trinajstić information content (AvgIpc) is 2.87. The van der Waals surface area contributed by atoms with Crippen molar-refractivity contribution in [1.82, 2.24) is 9.47 Å². The van der Waals surface area contributed by atoms with Gasteiger partial charge < -0.3 is 24.8 Å². The highest BCUT2D eigenvalue weighted by atomic mass is 19.1. The molecule has 1 aromatic heterocycles. The molecule has 9 heteroatoms. The van der Waals surface area contributed by atoms with Crippen LogP contribution in [0.15, 0.2) is 65.5 Å². The fraction of sp³-hybridized carbons (Fsp3) is 0.296. The molecule has 3 aromatic rings. The number of hydrogen-bond donors (Lipinski definition) is 2. The maximum atomic E-state index is 13.2. The Morgan fingerprint density at radius 1 is 0.972 bits per heavy atom. The summed E-state index contributed by atoms with van der Waals surface area (Å²) in [5.41, 5.74) is 2.59. The molecule has 3 heterocycles. The number of hydrogen-bond acceptors (Lipinski definition) is 4. The van der Waals surface area contributed by atoms with E-state index in [0.717, 1.165) is 23.4 Å². The summed E-state index contributed by atoms with van der Waals surface area (Å²) in [6.07, 6.45) is 1.01. The molecule has 2 aliphatic rings. The van der Waals surface area contributed by atoms with Gasteiger partial charge in [0.25, 0.3) is 5.56 Å². The van der Waals surface area contributed by atoms with E-state index in [0.29, 0.717) is 31.0 Å². The minimum Gasteiger partial charge on any atom is -0.497 e. The van der Waals surface area contributed by atoms with Gasteiger partial charge in [-0.3, -0.25) is 9.59 Å². The van der Waals surface area contributed by atoms with Gasteiger partial charge in [0.15, 0.2) is 0 Å². The van der Waals surface area contributed by atoms with Gasteiger partial charge in [0.2, 0.25) is 5.91 Å². The SMILES string of the molecule is COc1ccc(CC(=O)Nc2ccc(=O)n3c2[C@H]2C[C@@H](CN(C(=O)Nc4ccc(F)cc4)C2)C3)cc1. The van der Waals surface area contributed by atoms with E-state index in [1.165, 1.54) is 30.3 Å². The minimum absolute atomic E-state index is 0.0957. The van der Waals surface area contributed by atoms with Gasteiger partial charge in [0.05, 0.1) is 19.2 Å². The predicted molar refractivity (Wildman–Crippen MR) is 134 cm³/mol. The highest BCUT2D eigenvalue weighted by molar-refractivity contribution is 5.93. The van der Waals surface area contributed by atoms with E-state index in [4.69, 9.17) is 4.74 Å². The van der Waals surface area contributed by atoms with Crippen molar-refractivity contribution in [1.29, 1.82) is 0 Å². The lowest BCUT2D eigenvalue weighted by Crippen LogP contribution is -2.50. The van der Waals surface area contributed by atoms with Crippen LogP contribution in [0, 0.1) is 11.7 Å². The zero-order chi connectivity index (χ0) is 25.2. The minimum atomic E-state index is -0.371. The van der Waals surface area contributed by atoms with Gasteiger partial charge >= 0.3 is 6.03 Å². The summed E-state index contributed by atoms with van der Waals surface area (Å²) in [7, 11) is 1.59. The molecule has 0 unspecified atom stereocenters. The molecule has 0 aliphatic carbocycles. The van der Waals surface area contributed by atoms with Gasteiger partial charge in [-0.15, -0.1) is 0 Å². The third kappa shape index (κ3) is 4.95. The lowest BCUT2D eigenvalue weighted by atomic mass is 9.82. The number of fused-ring (bicyclic) bond motifs is 4. The zero-order valence-corrected chi connectivity index (χ0v) is 19.9. The molecule has 0 saturated carbocycles. The van der Waals surface area contributed by atoms with E-state index in [2.05, 4.69) is 10.6 Å². The lowest BCUT2D eigenvalue weighted by molar-refractivity contribution is -0.115. The highest BCUT2D eigenvalue weighted by Gasteiger charge is 2.38. The molecule has 0 radical (unpaired) electrons. The molecule has 186 valence electrons. The summed E-state index contributed by atoms with van der Waals surface area (Å²) in [6, 6.07) is 15.8. The number of amides is 3. The van der Waals surface area contributed by atoms with Crippen LogP contribution in [0.1, 0.15) is 23.6 Å². The molecule has 1 saturated heterocycles. The smallest absolute Gasteiger partial charge is 0.321 e. The Balaban J connectivity index is 1.33. The molecule has 2 aliphatic heterocycles. The van der Waals surface area contributed by atoms with E-state index >= 15 is 0 Å². The first kappa shape index (κ1) is 23.6. The number of methoxy groups -OCH3 is 1. The largest absolute Gasteiger partial charge is 0.497 e. The summed E-state index contributed by atoms with van der Waals surface area (Å²) in [4.78, 5) is 40.2. The van der Waals surface area contributed by atoms with E-state index in [1.54, 1.807) is 34.8 Å². The van der Waals surface area contributed by atoms with Gasteiger partial charge in [-0.25, -0.2) is 9.18 Å². The number of anilines is 2. The van der Waals surface area contributed by atoms with Crippen molar-refractivity contribution in [3.8, 4) is 5.75 Å². The quantitative estimate of drug-likeness (QED) is 0.569. The number of halogens is 1. The monoisotopic (exact) mass is 490 g/mol. The van der Waals surface area contributed by atoms with Crippen molar-refractivity contribution in [3.05, 3.63) is 88.1 Å². The summed E-state index contributed by atoms with van der Waals surface area (Å²) >= 11 is 0. The summed E-state index contributed by atoms with van der Waals surface area (Å²) in [6.45, 7) is 1.41. The van der Waals surface area contributed by atoms with Crippen LogP contribution in [0.25, 0.3) is 0 Å². The third-order valence-corrected chi connectivity index (χ3v) is 6.77. The van der Waals surface area contributed by atoms with Crippen LogP contribution in [-0.4, -0.2) is 41.6 Å². The van der Waals surface area contributed by atoms with Gasteiger partial charge in [0, 0.05) is 43.0 Å². The van der Waals surface area contributed by atoms with Crippen molar-refractivity contribution >= 4 is 23.3 Å². The van der Waals surface area contributed by atoms with Crippen LogP contribution in [-0.2, 0) is 17.8 Å². The Morgan fingerprint density at radius 2 is 1.72 bits per heavy atom. The number of pyridine rings is 1. The third-order valence-electron chi connectivity index (χ3n) is 6.77. The molecule has 5 rings (SSSR count). The van der Waals surface area contributed by atoms with Crippen molar-refractivity contribution in [2.45, 2.75) is 25.3 Å². The van der Waals surface area contributed by atoms with Crippen LogP contribution in [0.5, 0.6) is 5.75 Å². The Hall–Kier alpha value is -4.14. The molecule has 2 N–H and O–H groups in total. The van der Waals surface area contributed by atoms with E-state index in [1.807, 2.05) is 12.1 Å². The second-order valence-corrected chi connectivity index (χ2v) is 9.29. The maximum Gasteiger partial charge on any atom is 0.321 e. The summed E-state index contributed by atoms with van der Waals surface area (Å²) < 4.78 is 20.1. The van der Waals surface area contributed by atoms with Crippen molar-refractivity contribution in [2.24, 2.45) is 5.92 Å². The molecule has 3 amide bonds. The number of benzene rings is 2. The van der Waals surface area contributed by atoms with Crippen molar-refractivity contribution in [3.63, 3.8) is 0 Å². The number of carbonyl (C=O) groups is 2. The van der Waals surface area contributed by atoms with Gasteiger partial charge in [-0.2, -0.15) is 0 Å². The molecule has 1 fully saturated rings. The number of nitrogens with zero attached hydrogens (tertiary/aromatic N) is 2. The Kier molecular flexibility index (Phi) is 6.45. The second kappa shape index (κ2) is 9.85. The number of carbonyl (C=O) groups excluding carboxylic acids is 2. The lowest BCUT2D eigenvalue weighted by Gasteiger charge is -2.43. The van der Waals surface area contributed by atoms with Crippen LogP contribution in [0.3, 0.4) is 0 Å². The number of aromatic nitrogens is 1. The second-order valence-electron chi connectivity index (χ2n) is 9.29. The molecule has 8 nitrogen and oxygen atoms in total. The average molecular weight is 491 g/mol. The predicted octanol–water partition coefficient (Wildman–Crippen LogP) is 3.83. The normalized spacial score (nSPS) is 18.2. The molecule has 2 atom stereocenters. The van der Waals surface area contributed by atoms with Crippen molar-refractivity contribution in [2.75, 3.05) is 30.8 Å². The molecule has 2 bridgehead atoms. The van der Waals surface area contributed by atoms with Gasteiger partial charge in [-0.05, 0) is 60.4 Å². The van der Waals surface area contributed by atoms with Gasteiger partial charge in [-0.1, -0.05) is 12.1 Å². The van der Waals surface area contributed by atoms with E-state index in [9.17, 15) is 18.8 Å². The van der Waals surface area contributed by atoms with Gasteiger partial charge in [0.1, 0.15) is 11.6 Å².